The van der Waals surface area contributed by atoms with Gasteiger partial charge in [-0.25, -0.2) is 4.98 Å². The van der Waals surface area contributed by atoms with Gasteiger partial charge < -0.3 is 5.73 Å². The van der Waals surface area contributed by atoms with Crippen LogP contribution in [0.4, 0.5) is 0 Å². The van der Waals surface area contributed by atoms with Crippen molar-refractivity contribution in [3.8, 4) is 0 Å². The third-order valence-electron chi connectivity index (χ3n) is 3.61. The van der Waals surface area contributed by atoms with Crippen molar-refractivity contribution in [1.29, 1.82) is 0 Å². The molecule has 2 rings (SSSR count). The Balaban J connectivity index is 2.65. The largest absolute Gasteiger partial charge is 0.325 e. The van der Waals surface area contributed by atoms with E-state index in [0.717, 1.165) is 17.2 Å². The molecule has 0 aromatic carbocycles. The van der Waals surface area contributed by atoms with Gasteiger partial charge in [0.05, 0.1) is 0 Å². The second-order valence-electron chi connectivity index (χ2n) is 5.63. The van der Waals surface area contributed by atoms with Crippen molar-refractivity contribution in [1.82, 2.24) is 19.6 Å². The lowest BCUT2D eigenvalue weighted by atomic mass is 9.74. The van der Waals surface area contributed by atoms with Crippen LogP contribution in [0.5, 0.6) is 0 Å². The summed E-state index contributed by atoms with van der Waals surface area (Å²) in [5.41, 5.74) is 7.29. The standard InChI is InChI=1S/C12H19N5/c1-8-6-9-15-16-10(17(9)7-14-8)11(2,3)12(4,5)13/h6-7H,13H2,1-5H3. The third-order valence-corrected chi connectivity index (χ3v) is 3.61. The fourth-order valence-electron chi connectivity index (χ4n) is 1.60. The second-order valence-corrected chi connectivity index (χ2v) is 5.63. The van der Waals surface area contributed by atoms with Crippen molar-refractivity contribution in [3.63, 3.8) is 0 Å². The first-order chi connectivity index (χ1) is 7.73. The molecule has 0 unspecified atom stereocenters. The highest BCUT2D eigenvalue weighted by Crippen LogP contribution is 2.31. The van der Waals surface area contributed by atoms with Crippen molar-refractivity contribution in [2.75, 3.05) is 0 Å². The summed E-state index contributed by atoms with van der Waals surface area (Å²) in [5.74, 6) is 0.840. The average Bonchev–Trinajstić information content (AvgIpc) is 2.58. The number of aryl methyl sites for hydroxylation is 1. The van der Waals surface area contributed by atoms with E-state index >= 15 is 0 Å². The Bertz CT molecular complexity index is 548. The maximum Gasteiger partial charge on any atom is 0.163 e. The first kappa shape index (κ1) is 12.0. The van der Waals surface area contributed by atoms with Gasteiger partial charge in [-0.3, -0.25) is 4.40 Å². The summed E-state index contributed by atoms with van der Waals surface area (Å²) in [4.78, 5) is 4.28. The molecule has 92 valence electrons. The molecule has 0 aliphatic carbocycles. The molecule has 0 saturated carbocycles. The maximum absolute atomic E-state index is 6.22. The first-order valence-corrected chi connectivity index (χ1v) is 5.70. The Kier molecular flexibility index (Phi) is 2.47. The summed E-state index contributed by atoms with van der Waals surface area (Å²) in [7, 11) is 0. The Morgan fingerprint density at radius 1 is 1.18 bits per heavy atom. The van der Waals surface area contributed by atoms with E-state index in [1.54, 1.807) is 6.33 Å². The van der Waals surface area contributed by atoms with Crippen LogP contribution in [0.3, 0.4) is 0 Å². The number of fused-ring (bicyclic) bond motifs is 1. The Hall–Kier alpha value is -1.49. The molecule has 5 nitrogen and oxygen atoms in total. The van der Waals surface area contributed by atoms with Crippen molar-refractivity contribution >= 4 is 5.65 Å². The van der Waals surface area contributed by atoms with E-state index in [-0.39, 0.29) is 11.0 Å². The molecule has 2 aromatic rings. The Morgan fingerprint density at radius 3 is 2.41 bits per heavy atom. The molecule has 17 heavy (non-hydrogen) atoms. The van der Waals surface area contributed by atoms with Crippen LogP contribution in [-0.2, 0) is 5.41 Å². The smallest absolute Gasteiger partial charge is 0.163 e. The van der Waals surface area contributed by atoms with Crippen LogP contribution < -0.4 is 5.73 Å². The lowest BCUT2D eigenvalue weighted by molar-refractivity contribution is 0.288. The van der Waals surface area contributed by atoms with E-state index in [1.807, 2.05) is 31.2 Å². The molecule has 0 aliphatic heterocycles. The highest BCUT2D eigenvalue weighted by Gasteiger charge is 2.39. The van der Waals surface area contributed by atoms with Crippen LogP contribution in [0.15, 0.2) is 12.4 Å². The van der Waals surface area contributed by atoms with Crippen LogP contribution in [0.25, 0.3) is 5.65 Å². The Morgan fingerprint density at radius 2 is 1.82 bits per heavy atom. The minimum atomic E-state index is -0.388. The van der Waals surface area contributed by atoms with Gasteiger partial charge in [-0.1, -0.05) is 13.8 Å². The van der Waals surface area contributed by atoms with Gasteiger partial charge in [-0.05, 0) is 20.8 Å². The maximum atomic E-state index is 6.22. The van der Waals surface area contributed by atoms with E-state index in [1.165, 1.54) is 0 Å². The molecule has 0 fully saturated rings. The summed E-state index contributed by atoms with van der Waals surface area (Å²) in [6.07, 6.45) is 1.76. The molecule has 0 bridgehead atoms. The molecule has 0 amide bonds. The predicted octanol–water partition coefficient (Wildman–Crippen LogP) is 1.45. The van der Waals surface area contributed by atoms with Gasteiger partial charge in [0.2, 0.25) is 0 Å². The molecule has 2 aromatic heterocycles. The van der Waals surface area contributed by atoms with Gasteiger partial charge in [0.1, 0.15) is 12.2 Å². The molecule has 0 spiro atoms. The zero-order chi connectivity index (χ0) is 12.8. The van der Waals surface area contributed by atoms with Crippen LogP contribution in [0, 0.1) is 6.92 Å². The van der Waals surface area contributed by atoms with Crippen molar-refractivity contribution in [3.05, 3.63) is 23.9 Å². The molecule has 0 radical (unpaired) electrons. The van der Waals surface area contributed by atoms with Gasteiger partial charge in [0, 0.05) is 22.7 Å². The third kappa shape index (κ3) is 1.80. The van der Waals surface area contributed by atoms with Crippen molar-refractivity contribution in [2.45, 2.75) is 45.6 Å². The molecule has 0 atom stereocenters. The van der Waals surface area contributed by atoms with E-state index in [2.05, 4.69) is 29.0 Å². The molecule has 5 heteroatoms. The second kappa shape index (κ2) is 3.50. The number of rotatable bonds is 2. The fraction of sp³-hybridized carbons (Fsp3) is 0.583. The van der Waals surface area contributed by atoms with E-state index in [0.29, 0.717) is 0 Å². The molecule has 2 heterocycles. The molecule has 2 N–H and O–H groups in total. The lowest BCUT2D eigenvalue weighted by Crippen LogP contribution is -2.51. The van der Waals surface area contributed by atoms with E-state index < -0.39 is 0 Å². The topological polar surface area (TPSA) is 69.1 Å². The van der Waals surface area contributed by atoms with Crippen LogP contribution >= 0.6 is 0 Å². The lowest BCUT2D eigenvalue weighted by Gasteiger charge is -2.36. The van der Waals surface area contributed by atoms with Crippen LogP contribution in [-0.4, -0.2) is 25.1 Å². The number of hydrogen-bond acceptors (Lipinski definition) is 4. The molecular formula is C12H19N5. The zero-order valence-corrected chi connectivity index (χ0v) is 11.0. The monoisotopic (exact) mass is 233 g/mol. The summed E-state index contributed by atoms with van der Waals surface area (Å²) in [5, 5.41) is 8.44. The van der Waals surface area contributed by atoms with Gasteiger partial charge in [-0.2, -0.15) is 0 Å². The van der Waals surface area contributed by atoms with Crippen molar-refractivity contribution < 1.29 is 0 Å². The summed E-state index contributed by atoms with van der Waals surface area (Å²) < 4.78 is 1.90. The van der Waals surface area contributed by atoms with Gasteiger partial charge in [0.25, 0.3) is 0 Å². The van der Waals surface area contributed by atoms with Gasteiger partial charge >= 0.3 is 0 Å². The van der Waals surface area contributed by atoms with Gasteiger partial charge in [0.15, 0.2) is 5.65 Å². The number of aromatic nitrogens is 4. The molecular weight excluding hydrogens is 214 g/mol. The number of nitrogens with two attached hydrogens (primary N) is 1. The molecule has 0 aliphatic rings. The molecule has 0 saturated heterocycles. The normalized spacial score (nSPS) is 13.3. The highest BCUT2D eigenvalue weighted by atomic mass is 15.3. The predicted molar refractivity (Wildman–Crippen MR) is 66.8 cm³/mol. The minimum Gasteiger partial charge on any atom is -0.325 e. The Labute approximate surface area is 101 Å². The minimum absolute atomic E-state index is 0.288. The highest BCUT2D eigenvalue weighted by molar-refractivity contribution is 5.39. The average molecular weight is 233 g/mol. The summed E-state index contributed by atoms with van der Waals surface area (Å²) in [6, 6.07) is 1.91. The van der Waals surface area contributed by atoms with Crippen LogP contribution in [0.2, 0.25) is 0 Å². The van der Waals surface area contributed by atoms with Crippen LogP contribution in [0.1, 0.15) is 39.2 Å². The van der Waals surface area contributed by atoms with E-state index in [9.17, 15) is 0 Å². The zero-order valence-electron chi connectivity index (χ0n) is 11.0. The number of hydrogen-bond donors (Lipinski definition) is 1. The summed E-state index contributed by atoms with van der Waals surface area (Å²) in [6.45, 7) is 10.1. The van der Waals surface area contributed by atoms with Gasteiger partial charge in [-0.15, -0.1) is 10.2 Å². The van der Waals surface area contributed by atoms with E-state index in [4.69, 9.17) is 5.73 Å². The quantitative estimate of drug-likeness (QED) is 0.852. The van der Waals surface area contributed by atoms with Crippen molar-refractivity contribution in [2.24, 2.45) is 5.73 Å². The SMILES string of the molecule is Cc1cc2nnc(C(C)(C)C(C)(C)N)n2cn1. The summed E-state index contributed by atoms with van der Waals surface area (Å²) >= 11 is 0. The first-order valence-electron chi connectivity index (χ1n) is 5.70. The number of nitrogens with zero attached hydrogens (tertiary/aromatic N) is 4. The fourth-order valence-corrected chi connectivity index (χ4v) is 1.60.